The molecule has 1 atom stereocenters. The van der Waals surface area contributed by atoms with Crippen LogP contribution in [0.2, 0.25) is 0 Å². The Balaban J connectivity index is 2.41. The van der Waals surface area contributed by atoms with Gasteiger partial charge in [0.15, 0.2) is 11.5 Å². The van der Waals surface area contributed by atoms with E-state index in [4.69, 9.17) is 9.47 Å². The van der Waals surface area contributed by atoms with Gasteiger partial charge in [0.2, 0.25) is 10.0 Å². The van der Waals surface area contributed by atoms with E-state index in [2.05, 4.69) is 0 Å². The van der Waals surface area contributed by atoms with E-state index < -0.39 is 15.4 Å². The lowest BCUT2D eigenvalue weighted by molar-refractivity contribution is -0.108. The lowest BCUT2D eigenvalue weighted by atomic mass is 10.3. The summed E-state index contributed by atoms with van der Waals surface area (Å²) in [6.45, 7) is 0.324. The van der Waals surface area contributed by atoms with E-state index in [1.807, 2.05) is 0 Å². The molecule has 0 bridgehead atoms. The molecule has 1 aliphatic heterocycles. The van der Waals surface area contributed by atoms with Crippen molar-refractivity contribution in [1.29, 1.82) is 0 Å². The van der Waals surface area contributed by atoms with E-state index in [0.29, 0.717) is 30.1 Å². The van der Waals surface area contributed by atoms with Crippen molar-refractivity contribution in [3.8, 4) is 11.5 Å². The first-order valence-corrected chi connectivity index (χ1v) is 8.34. The number of hydrogen-bond donors (Lipinski definition) is 0. The van der Waals surface area contributed by atoms with E-state index in [9.17, 15) is 13.2 Å². The Morgan fingerprint density at radius 2 is 2.00 bits per heavy atom. The van der Waals surface area contributed by atoms with Crippen molar-refractivity contribution in [2.75, 3.05) is 26.5 Å². The van der Waals surface area contributed by atoms with Crippen LogP contribution in [-0.4, -0.2) is 50.9 Å². The van der Waals surface area contributed by atoms with Gasteiger partial charge >= 0.3 is 0 Å². The third kappa shape index (κ3) is 2.63. The monoisotopic (exact) mass is 317 g/mol. The molecule has 0 N–H and O–H groups in total. The summed E-state index contributed by atoms with van der Waals surface area (Å²) in [5, 5.41) is -0.659. The summed E-state index contributed by atoms with van der Waals surface area (Å²) >= 11 is 1.31. The van der Waals surface area contributed by atoms with Gasteiger partial charge in [0, 0.05) is 18.4 Å². The van der Waals surface area contributed by atoms with Crippen LogP contribution in [0.1, 0.15) is 0 Å². The predicted octanol–water partition coefficient (Wildman–Crippen LogP) is 0.966. The second-order valence-corrected chi connectivity index (χ2v) is 7.15. The van der Waals surface area contributed by atoms with Crippen LogP contribution in [0.3, 0.4) is 0 Å². The number of carbonyl (C=O) groups excluding carboxylic acids is 1. The van der Waals surface area contributed by atoms with Crippen molar-refractivity contribution >= 4 is 28.1 Å². The Hall–Kier alpha value is -1.25. The van der Waals surface area contributed by atoms with Crippen molar-refractivity contribution in [3.05, 3.63) is 18.2 Å². The van der Waals surface area contributed by atoms with Gasteiger partial charge in [-0.25, -0.2) is 8.42 Å². The second-order valence-electron chi connectivity index (χ2n) is 4.03. The zero-order valence-electron chi connectivity index (χ0n) is 11.1. The number of rotatable bonds is 5. The predicted molar refractivity (Wildman–Crippen MR) is 75.7 cm³/mol. The molecule has 20 heavy (non-hydrogen) atoms. The van der Waals surface area contributed by atoms with Crippen LogP contribution in [0.5, 0.6) is 11.5 Å². The molecule has 0 saturated carbocycles. The lowest BCUT2D eigenvalue weighted by Gasteiger charge is -2.19. The van der Waals surface area contributed by atoms with Gasteiger partial charge in [0.05, 0.1) is 19.1 Å². The Bertz CT molecular complexity index is 602. The third-order valence-electron chi connectivity index (χ3n) is 2.96. The van der Waals surface area contributed by atoms with Gasteiger partial charge in [-0.05, 0) is 12.1 Å². The fourth-order valence-corrected chi connectivity index (χ4v) is 4.90. The highest BCUT2D eigenvalue weighted by molar-refractivity contribution is 8.01. The van der Waals surface area contributed by atoms with Crippen molar-refractivity contribution in [3.63, 3.8) is 0 Å². The number of nitrogens with zero attached hydrogens (tertiary/aromatic N) is 1. The summed E-state index contributed by atoms with van der Waals surface area (Å²) < 4.78 is 36.4. The fourth-order valence-electron chi connectivity index (χ4n) is 1.95. The first kappa shape index (κ1) is 15.1. The van der Waals surface area contributed by atoms with Crippen LogP contribution in [-0.2, 0) is 14.8 Å². The molecule has 6 nitrogen and oxygen atoms in total. The van der Waals surface area contributed by atoms with E-state index in [0.717, 1.165) is 0 Å². The summed E-state index contributed by atoms with van der Waals surface area (Å²) in [6, 6.07) is 4.38. The highest BCUT2D eigenvalue weighted by Crippen LogP contribution is 2.33. The first-order chi connectivity index (χ1) is 9.54. The van der Waals surface area contributed by atoms with Crippen LogP contribution < -0.4 is 9.47 Å². The molecule has 0 aliphatic carbocycles. The van der Waals surface area contributed by atoms with Crippen molar-refractivity contribution in [2.24, 2.45) is 0 Å². The van der Waals surface area contributed by atoms with Crippen LogP contribution in [0, 0.1) is 0 Å². The highest BCUT2D eigenvalue weighted by Gasteiger charge is 2.36. The molecular weight excluding hydrogens is 302 g/mol. The van der Waals surface area contributed by atoms with Gasteiger partial charge in [-0.15, -0.1) is 11.8 Å². The quantitative estimate of drug-likeness (QED) is 0.753. The van der Waals surface area contributed by atoms with E-state index in [1.165, 1.54) is 48.5 Å². The zero-order valence-corrected chi connectivity index (χ0v) is 12.7. The molecule has 1 heterocycles. The van der Waals surface area contributed by atoms with Gasteiger partial charge in [-0.3, -0.25) is 0 Å². The Kier molecular flexibility index (Phi) is 4.56. The minimum atomic E-state index is -3.71. The molecule has 0 radical (unpaired) electrons. The summed E-state index contributed by atoms with van der Waals surface area (Å²) in [5.41, 5.74) is 0. The molecule has 8 heteroatoms. The van der Waals surface area contributed by atoms with Crippen molar-refractivity contribution in [1.82, 2.24) is 4.31 Å². The van der Waals surface area contributed by atoms with E-state index >= 15 is 0 Å². The zero-order chi connectivity index (χ0) is 14.8. The average Bonchev–Trinajstić information content (AvgIpc) is 2.95. The number of hydrogen-bond acceptors (Lipinski definition) is 6. The molecular formula is C12H15NO5S2. The molecule has 0 aromatic heterocycles. The van der Waals surface area contributed by atoms with Crippen molar-refractivity contribution < 1.29 is 22.7 Å². The number of thioether (sulfide) groups is 1. The van der Waals surface area contributed by atoms with Gasteiger partial charge < -0.3 is 14.3 Å². The minimum Gasteiger partial charge on any atom is -0.493 e. The highest BCUT2D eigenvalue weighted by atomic mass is 32.2. The molecule has 1 aliphatic rings. The molecule has 0 amide bonds. The smallest absolute Gasteiger partial charge is 0.244 e. The van der Waals surface area contributed by atoms with Crippen LogP contribution >= 0.6 is 11.8 Å². The number of ether oxygens (including phenoxy) is 2. The normalized spacial score (nSPS) is 19.8. The number of carbonyl (C=O) groups is 1. The first-order valence-electron chi connectivity index (χ1n) is 5.85. The molecule has 1 aromatic carbocycles. The molecule has 1 fully saturated rings. The molecule has 2 rings (SSSR count). The summed E-state index contributed by atoms with van der Waals surface area (Å²) in [6.07, 6.45) is 0.649. The summed E-state index contributed by atoms with van der Waals surface area (Å²) in [5.74, 6) is 1.40. The van der Waals surface area contributed by atoms with Crippen LogP contribution in [0.25, 0.3) is 0 Å². The van der Waals surface area contributed by atoms with E-state index in [-0.39, 0.29) is 4.90 Å². The molecule has 1 saturated heterocycles. The maximum atomic E-state index is 12.5. The van der Waals surface area contributed by atoms with Gasteiger partial charge in [0.25, 0.3) is 0 Å². The second kappa shape index (κ2) is 6.02. The van der Waals surface area contributed by atoms with Crippen LogP contribution in [0.4, 0.5) is 0 Å². The largest absolute Gasteiger partial charge is 0.493 e. The van der Waals surface area contributed by atoms with Gasteiger partial charge in [0.1, 0.15) is 11.7 Å². The van der Waals surface area contributed by atoms with Crippen molar-refractivity contribution in [2.45, 2.75) is 10.3 Å². The average molecular weight is 317 g/mol. The van der Waals surface area contributed by atoms with Gasteiger partial charge in [-0.1, -0.05) is 0 Å². The standard InChI is InChI=1S/C12H15NO5S2/c1-17-10-4-3-9(7-11(10)18-2)20(15,16)13-5-6-19-12(13)8-14/h3-4,7-8,12H,5-6H2,1-2H3/t12-/m0/s1. The van der Waals surface area contributed by atoms with Gasteiger partial charge in [-0.2, -0.15) is 4.31 Å². The number of benzene rings is 1. The lowest BCUT2D eigenvalue weighted by Crippen LogP contribution is -2.35. The number of methoxy groups -OCH3 is 2. The Labute approximate surface area is 122 Å². The summed E-state index contributed by atoms with van der Waals surface area (Å²) in [7, 11) is -0.795. The molecule has 0 spiro atoms. The Morgan fingerprint density at radius 3 is 2.60 bits per heavy atom. The molecule has 0 unspecified atom stereocenters. The van der Waals surface area contributed by atoms with E-state index in [1.54, 1.807) is 0 Å². The maximum Gasteiger partial charge on any atom is 0.244 e. The summed E-state index contributed by atoms with van der Waals surface area (Å²) in [4.78, 5) is 11.0. The molecule has 1 aromatic rings. The SMILES string of the molecule is COc1ccc(S(=O)(=O)N2CCS[C@H]2C=O)cc1OC. The van der Waals surface area contributed by atoms with Crippen LogP contribution in [0.15, 0.2) is 23.1 Å². The topological polar surface area (TPSA) is 72.9 Å². The molecule has 110 valence electrons. The minimum absolute atomic E-state index is 0.0875. The fraction of sp³-hybridized carbons (Fsp3) is 0.417. The third-order valence-corrected chi connectivity index (χ3v) is 6.10. The Morgan fingerprint density at radius 1 is 1.30 bits per heavy atom. The maximum absolute atomic E-state index is 12.5. The number of sulfonamides is 1. The number of aldehydes is 1.